The van der Waals surface area contributed by atoms with Crippen molar-refractivity contribution in [2.45, 2.75) is 0 Å². The number of hydrogen-bond acceptors (Lipinski definition) is 4. The summed E-state index contributed by atoms with van der Waals surface area (Å²) in [5.41, 5.74) is 4.22. The lowest BCUT2D eigenvalue weighted by Gasteiger charge is -1.91. The van der Waals surface area contributed by atoms with Crippen molar-refractivity contribution in [1.29, 1.82) is 0 Å². The van der Waals surface area contributed by atoms with Crippen LogP contribution in [0.25, 0.3) is 27.8 Å². The molecule has 0 spiro atoms. The van der Waals surface area contributed by atoms with E-state index in [9.17, 15) is 0 Å². The van der Waals surface area contributed by atoms with Gasteiger partial charge in [0.1, 0.15) is 16.7 Å². The van der Waals surface area contributed by atoms with Crippen molar-refractivity contribution < 1.29 is 9.73 Å². The number of fused-ring (bicyclic) bond motifs is 2. The summed E-state index contributed by atoms with van der Waals surface area (Å²) < 4.78 is 4.67. The average molecular weight is 238 g/mol. The molecule has 0 radical (unpaired) electrons. The minimum Gasteiger partial charge on any atom is -0.243 e. The molecule has 4 aromatic rings. The smallest absolute Gasteiger partial charge is 0.243 e. The number of aromatic nitrogens is 5. The fourth-order valence-corrected chi connectivity index (χ4v) is 1.93. The molecule has 0 aliphatic carbocycles. The second-order valence-corrected chi connectivity index (χ2v) is 3.98. The van der Waals surface area contributed by atoms with E-state index in [0.29, 0.717) is 5.52 Å². The van der Waals surface area contributed by atoms with Gasteiger partial charge in [0.2, 0.25) is 5.52 Å². The van der Waals surface area contributed by atoms with Crippen molar-refractivity contribution >= 4 is 22.1 Å². The molecule has 0 saturated heterocycles. The maximum absolute atomic E-state index is 4.67. The monoisotopic (exact) mass is 238 g/mol. The van der Waals surface area contributed by atoms with E-state index in [0.717, 1.165) is 22.2 Å². The Labute approximate surface area is 101 Å². The number of rotatable bonds is 1. The Morgan fingerprint density at radius 2 is 1.83 bits per heavy atom. The maximum Gasteiger partial charge on any atom is 0.249 e. The molecule has 0 aliphatic heterocycles. The van der Waals surface area contributed by atoms with E-state index in [-0.39, 0.29) is 0 Å². The van der Waals surface area contributed by atoms with Crippen molar-refractivity contribution in [3.8, 4) is 5.69 Å². The quantitative estimate of drug-likeness (QED) is 0.502. The molecular formula is C12H8N5O+. The topological polar surface area (TPSA) is 70.9 Å². The SMILES string of the molecule is c1ccc2[nH+]n(-c3ccc4nonc4c3)nc2c1. The van der Waals surface area contributed by atoms with Crippen molar-refractivity contribution in [2.24, 2.45) is 0 Å². The minimum atomic E-state index is 0.709. The van der Waals surface area contributed by atoms with Crippen LogP contribution in [0.15, 0.2) is 47.1 Å². The Balaban J connectivity index is 1.94. The number of H-pyrrole nitrogens is 1. The van der Waals surface area contributed by atoms with Crippen molar-refractivity contribution in [2.75, 3.05) is 0 Å². The van der Waals surface area contributed by atoms with Crippen LogP contribution >= 0.6 is 0 Å². The van der Waals surface area contributed by atoms with Gasteiger partial charge in [-0.15, -0.1) is 0 Å². The summed E-state index contributed by atoms with van der Waals surface area (Å²) in [6.07, 6.45) is 0. The first-order valence-electron chi connectivity index (χ1n) is 5.50. The normalized spacial score (nSPS) is 11.3. The highest BCUT2D eigenvalue weighted by Gasteiger charge is 2.12. The first-order valence-corrected chi connectivity index (χ1v) is 5.50. The van der Waals surface area contributed by atoms with E-state index >= 15 is 0 Å². The van der Waals surface area contributed by atoms with Gasteiger partial charge in [-0.1, -0.05) is 12.1 Å². The zero-order valence-corrected chi connectivity index (χ0v) is 9.24. The molecule has 2 heterocycles. The Bertz CT molecular complexity index is 815. The lowest BCUT2D eigenvalue weighted by Crippen LogP contribution is -2.17. The van der Waals surface area contributed by atoms with Crippen LogP contribution < -0.4 is 5.10 Å². The average Bonchev–Trinajstić information content (AvgIpc) is 3.04. The molecule has 0 bridgehead atoms. The fourth-order valence-electron chi connectivity index (χ4n) is 1.93. The predicted octanol–water partition coefficient (Wildman–Crippen LogP) is 1.38. The van der Waals surface area contributed by atoms with Crippen LogP contribution in [-0.2, 0) is 0 Å². The summed E-state index contributed by atoms with van der Waals surface area (Å²) in [4.78, 5) is 1.71. The molecule has 86 valence electrons. The Morgan fingerprint density at radius 1 is 0.944 bits per heavy atom. The highest BCUT2D eigenvalue weighted by molar-refractivity contribution is 5.75. The summed E-state index contributed by atoms with van der Waals surface area (Å²) in [5, 5.41) is 15.2. The van der Waals surface area contributed by atoms with Gasteiger partial charge in [0.25, 0.3) is 0 Å². The largest absolute Gasteiger partial charge is 0.249 e. The Hall–Kier alpha value is -2.76. The van der Waals surface area contributed by atoms with Crippen LogP contribution in [0.3, 0.4) is 0 Å². The molecule has 2 aromatic carbocycles. The Kier molecular flexibility index (Phi) is 1.74. The molecule has 0 fully saturated rings. The highest BCUT2D eigenvalue weighted by Crippen LogP contribution is 2.14. The van der Waals surface area contributed by atoms with Crippen LogP contribution in [-0.4, -0.2) is 20.2 Å². The third-order valence-corrected chi connectivity index (χ3v) is 2.82. The second kappa shape index (κ2) is 3.36. The highest BCUT2D eigenvalue weighted by atomic mass is 16.6. The molecule has 0 amide bonds. The summed E-state index contributed by atoms with van der Waals surface area (Å²) in [7, 11) is 0. The van der Waals surface area contributed by atoms with E-state index in [4.69, 9.17) is 0 Å². The fraction of sp³-hybridized carbons (Fsp3) is 0. The third-order valence-electron chi connectivity index (χ3n) is 2.82. The van der Waals surface area contributed by atoms with Gasteiger partial charge < -0.3 is 0 Å². The third kappa shape index (κ3) is 1.29. The summed E-state index contributed by atoms with van der Waals surface area (Å²) >= 11 is 0. The summed E-state index contributed by atoms with van der Waals surface area (Å²) in [5.74, 6) is 0. The number of hydrogen-bond donors (Lipinski definition) is 0. The second-order valence-electron chi connectivity index (χ2n) is 3.98. The summed E-state index contributed by atoms with van der Waals surface area (Å²) in [6, 6.07) is 13.5. The number of nitrogens with one attached hydrogen (secondary N) is 1. The van der Waals surface area contributed by atoms with Gasteiger partial charge in [0.15, 0.2) is 5.52 Å². The van der Waals surface area contributed by atoms with Crippen LogP contribution in [0, 0.1) is 0 Å². The van der Waals surface area contributed by atoms with Gasteiger partial charge in [0, 0.05) is 6.07 Å². The number of nitrogens with zero attached hydrogens (tertiary/aromatic N) is 4. The van der Waals surface area contributed by atoms with E-state index < -0.39 is 0 Å². The molecule has 0 unspecified atom stereocenters. The molecule has 0 atom stereocenters. The van der Waals surface area contributed by atoms with Gasteiger partial charge in [-0.3, -0.25) is 0 Å². The van der Waals surface area contributed by atoms with E-state index in [1.165, 1.54) is 0 Å². The molecular weight excluding hydrogens is 230 g/mol. The number of para-hydroxylation sites is 1. The van der Waals surface area contributed by atoms with E-state index in [1.807, 2.05) is 42.5 Å². The first-order chi connectivity index (χ1) is 8.90. The lowest BCUT2D eigenvalue weighted by molar-refractivity contribution is -0.454. The lowest BCUT2D eigenvalue weighted by atomic mass is 10.3. The molecule has 0 saturated carbocycles. The zero-order chi connectivity index (χ0) is 11.9. The zero-order valence-electron chi connectivity index (χ0n) is 9.24. The molecule has 4 rings (SSSR count). The first kappa shape index (κ1) is 9.29. The Morgan fingerprint density at radius 3 is 2.78 bits per heavy atom. The number of benzene rings is 2. The van der Waals surface area contributed by atoms with Gasteiger partial charge >= 0.3 is 0 Å². The van der Waals surface area contributed by atoms with Crippen molar-refractivity contribution in [3.63, 3.8) is 0 Å². The molecule has 1 N–H and O–H groups in total. The molecule has 6 nitrogen and oxygen atoms in total. The van der Waals surface area contributed by atoms with Crippen LogP contribution in [0.1, 0.15) is 0 Å². The van der Waals surface area contributed by atoms with E-state index in [1.54, 1.807) is 4.80 Å². The molecule has 18 heavy (non-hydrogen) atoms. The van der Waals surface area contributed by atoms with Gasteiger partial charge in [-0.05, 0) is 39.4 Å². The van der Waals surface area contributed by atoms with Crippen molar-refractivity contribution in [3.05, 3.63) is 42.5 Å². The minimum absolute atomic E-state index is 0.709. The van der Waals surface area contributed by atoms with Crippen LogP contribution in [0.5, 0.6) is 0 Å². The maximum atomic E-state index is 4.67. The van der Waals surface area contributed by atoms with Gasteiger partial charge in [0.05, 0.1) is 5.10 Å². The van der Waals surface area contributed by atoms with Crippen LogP contribution in [0.4, 0.5) is 0 Å². The molecule has 6 heteroatoms. The predicted molar refractivity (Wildman–Crippen MR) is 63.0 cm³/mol. The standard InChI is InChI=1S/C12H7N5O/c1-2-4-10-9(3-1)13-17(14-10)8-5-6-11-12(7-8)16-18-15-11/h1-7H/p+1. The van der Waals surface area contributed by atoms with Gasteiger partial charge in [-0.25, -0.2) is 4.63 Å². The van der Waals surface area contributed by atoms with Crippen LogP contribution in [0.2, 0.25) is 0 Å². The van der Waals surface area contributed by atoms with Crippen molar-refractivity contribution in [1.82, 2.24) is 20.2 Å². The van der Waals surface area contributed by atoms with Gasteiger partial charge in [-0.2, -0.15) is 5.10 Å². The molecule has 0 aliphatic rings. The summed E-state index contributed by atoms with van der Waals surface area (Å²) in [6.45, 7) is 0. The number of aromatic amines is 1. The molecule has 2 aromatic heterocycles. The van der Waals surface area contributed by atoms with E-state index in [2.05, 4.69) is 25.1 Å².